The molecular weight excluding hydrogens is 420 g/mol. The van der Waals surface area contributed by atoms with E-state index in [0.29, 0.717) is 0 Å². The highest BCUT2D eigenvalue weighted by Crippen LogP contribution is 2.29. The highest BCUT2D eigenvalue weighted by Gasteiger charge is 2.21. The van der Waals surface area contributed by atoms with Crippen LogP contribution in [0.3, 0.4) is 0 Å². The summed E-state index contributed by atoms with van der Waals surface area (Å²) in [5, 5.41) is 6.88. The van der Waals surface area contributed by atoms with Crippen LogP contribution in [0, 0.1) is 0 Å². The molecule has 0 atom stereocenters. The molecule has 0 fully saturated rings. The molecule has 0 aliphatic rings. The molecule has 5 aromatic rings. The maximum Gasteiger partial charge on any atom is 0.344 e. The van der Waals surface area contributed by atoms with Gasteiger partial charge in [-0.15, -0.1) is 0 Å². The Hall–Kier alpha value is -3.40. The average Bonchev–Trinajstić information content (AvgIpc) is 3.24. The Morgan fingerprint density at radius 3 is 1.71 bits per heavy atom. The number of hydrogen-bond donors (Lipinski definition) is 1. The van der Waals surface area contributed by atoms with Crippen molar-refractivity contribution < 1.29 is 17.0 Å². The summed E-state index contributed by atoms with van der Waals surface area (Å²) in [6.45, 7) is 0. The van der Waals surface area contributed by atoms with Crippen molar-refractivity contribution in [3.63, 3.8) is 0 Å². The first-order valence-corrected chi connectivity index (χ1v) is 10.8. The van der Waals surface area contributed by atoms with Crippen molar-refractivity contribution in [3.8, 4) is 28.1 Å². The second kappa shape index (κ2) is 9.61. The van der Waals surface area contributed by atoms with Gasteiger partial charge >= 0.3 is 5.13 Å². The number of thiazole rings is 1. The average molecular weight is 441 g/mol. The first-order valence-electron chi connectivity index (χ1n) is 9.95. The summed E-state index contributed by atoms with van der Waals surface area (Å²) in [4.78, 5) is 0. The molecule has 1 heterocycles. The number of rotatable bonds is 5. The molecular formula is C27H21ClN2S. The first-order chi connectivity index (χ1) is 14.9. The van der Waals surface area contributed by atoms with E-state index in [1.54, 1.807) is 11.3 Å². The lowest BCUT2D eigenvalue weighted by molar-refractivity contribution is -0.563. The second-order valence-corrected chi connectivity index (χ2v) is 7.89. The monoisotopic (exact) mass is 440 g/mol. The minimum atomic E-state index is 0. The summed E-state index contributed by atoms with van der Waals surface area (Å²) in [5.41, 5.74) is 7.04. The summed E-state index contributed by atoms with van der Waals surface area (Å²) in [6.07, 6.45) is 0. The lowest BCUT2D eigenvalue weighted by Crippen LogP contribution is -3.00. The molecule has 1 aromatic heterocycles. The van der Waals surface area contributed by atoms with Crippen LogP contribution in [-0.4, -0.2) is 0 Å². The quantitative estimate of drug-likeness (QED) is 0.407. The fraction of sp³-hybridized carbons (Fsp3) is 0. The maximum atomic E-state index is 3.58. The molecule has 4 aromatic carbocycles. The van der Waals surface area contributed by atoms with Crippen LogP contribution in [0.2, 0.25) is 0 Å². The van der Waals surface area contributed by atoms with Crippen LogP contribution in [0.25, 0.3) is 28.1 Å². The second-order valence-electron chi connectivity index (χ2n) is 7.03. The zero-order valence-corrected chi connectivity index (χ0v) is 18.4. The van der Waals surface area contributed by atoms with Crippen molar-refractivity contribution in [1.82, 2.24) is 0 Å². The zero-order valence-electron chi connectivity index (χ0n) is 16.8. The van der Waals surface area contributed by atoms with E-state index in [1.807, 2.05) is 24.3 Å². The number of aromatic nitrogens is 1. The largest absolute Gasteiger partial charge is 1.00 e. The van der Waals surface area contributed by atoms with E-state index < -0.39 is 0 Å². The Kier molecular flexibility index (Phi) is 6.46. The van der Waals surface area contributed by atoms with Gasteiger partial charge in [-0.1, -0.05) is 102 Å². The van der Waals surface area contributed by atoms with Gasteiger partial charge in [0, 0.05) is 10.9 Å². The van der Waals surface area contributed by atoms with E-state index >= 15 is 0 Å². The molecule has 1 N–H and O–H groups in total. The number of para-hydroxylation sites is 2. The van der Waals surface area contributed by atoms with Gasteiger partial charge in [0.25, 0.3) is 0 Å². The molecule has 0 aliphatic heterocycles. The number of hydrogen-bond acceptors (Lipinski definition) is 2. The van der Waals surface area contributed by atoms with Gasteiger partial charge in [-0.2, -0.15) is 4.57 Å². The number of benzene rings is 4. The lowest BCUT2D eigenvalue weighted by Gasteiger charge is -2.07. The molecule has 152 valence electrons. The van der Waals surface area contributed by atoms with Gasteiger partial charge < -0.3 is 12.4 Å². The molecule has 0 spiro atoms. The van der Waals surface area contributed by atoms with E-state index in [9.17, 15) is 0 Å². The molecule has 5 rings (SSSR count). The van der Waals surface area contributed by atoms with Gasteiger partial charge in [0.2, 0.25) is 0 Å². The highest BCUT2D eigenvalue weighted by molar-refractivity contribution is 7.13. The SMILES string of the molecule is [Cl-].c1ccc(Nc2scc(-c3ccc(-c4ccccc4)cc3)[n+]2-c2ccccc2)cc1. The van der Waals surface area contributed by atoms with Crippen LogP contribution in [-0.2, 0) is 0 Å². The van der Waals surface area contributed by atoms with E-state index in [4.69, 9.17) is 0 Å². The third kappa shape index (κ3) is 4.53. The van der Waals surface area contributed by atoms with Crippen LogP contribution in [0.5, 0.6) is 0 Å². The third-order valence-electron chi connectivity index (χ3n) is 5.05. The predicted molar refractivity (Wildman–Crippen MR) is 126 cm³/mol. The Morgan fingerprint density at radius 2 is 1.06 bits per heavy atom. The normalized spacial score (nSPS) is 10.3. The number of nitrogens with zero attached hydrogens (tertiary/aromatic N) is 1. The summed E-state index contributed by atoms with van der Waals surface area (Å²) in [6, 6.07) is 40.1. The molecule has 31 heavy (non-hydrogen) atoms. The van der Waals surface area contributed by atoms with Crippen molar-refractivity contribution >= 4 is 22.2 Å². The van der Waals surface area contributed by atoms with Crippen LogP contribution >= 0.6 is 11.3 Å². The minimum Gasteiger partial charge on any atom is -1.00 e. The molecule has 0 saturated carbocycles. The zero-order chi connectivity index (χ0) is 20.2. The molecule has 0 amide bonds. The molecule has 0 saturated heterocycles. The number of anilines is 2. The number of nitrogens with one attached hydrogen (secondary N) is 1. The van der Waals surface area contributed by atoms with Crippen LogP contribution in [0.15, 0.2) is 121 Å². The van der Waals surface area contributed by atoms with Crippen LogP contribution < -0.4 is 22.3 Å². The molecule has 0 unspecified atom stereocenters. The fourth-order valence-electron chi connectivity index (χ4n) is 3.55. The van der Waals surface area contributed by atoms with Crippen molar-refractivity contribution in [2.45, 2.75) is 0 Å². The van der Waals surface area contributed by atoms with Crippen molar-refractivity contribution in [1.29, 1.82) is 0 Å². The van der Waals surface area contributed by atoms with E-state index in [2.05, 4.69) is 106 Å². The van der Waals surface area contributed by atoms with E-state index in [1.165, 1.54) is 22.4 Å². The van der Waals surface area contributed by atoms with E-state index in [0.717, 1.165) is 16.5 Å². The summed E-state index contributed by atoms with van der Waals surface area (Å²) >= 11 is 1.71. The smallest absolute Gasteiger partial charge is 0.344 e. The Balaban J connectivity index is 0.00000231. The number of halogens is 1. The third-order valence-corrected chi connectivity index (χ3v) is 5.90. The topological polar surface area (TPSA) is 15.9 Å². The molecule has 0 aliphatic carbocycles. The molecule has 0 bridgehead atoms. The van der Waals surface area contributed by atoms with Crippen molar-refractivity contribution in [2.24, 2.45) is 0 Å². The standard InChI is InChI=1S/C27H20N2S.ClH/c1-4-10-21(11-5-1)22-16-18-23(19-17-22)26-20-30-27(28-24-12-6-2-7-13-24)29(26)25-14-8-3-9-15-25;/h1-20H;1H. The summed E-state index contributed by atoms with van der Waals surface area (Å²) < 4.78 is 2.29. The molecule has 2 nitrogen and oxygen atoms in total. The van der Waals surface area contributed by atoms with Gasteiger partial charge in [0.1, 0.15) is 11.4 Å². The Bertz CT molecular complexity index is 1240. The van der Waals surface area contributed by atoms with Gasteiger partial charge in [-0.3, -0.25) is 0 Å². The first kappa shape index (κ1) is 20.9. The highest BCUT2D eigenvalue weighted by atomic mass is 35.5. The van der Waals surface area contributed by atoms with Crippen LogP contribution in [0.4, 0.5) is 10.8 Å². The van der Waals surface area contributed by atoms with Gasteiger partial charge in [0.05, 0.1) is 0 Å². The van der Waals surface area contributed by atoms with E-state index in [-0.39, 0.29) is 12.4 Å². The minimum absolute atomic E-state index is 0. The molecule has 0 radical (unpaired) electrons. The Labute approximate surface area is 192 Å². The van der Waals surface area contributed by atoms with Crippen LogP contribution in [0.1, 0.15) is 0 Å². The molecule has 4 heteroatoms. The van der Waals surface area contributed by atoms with Crippen molar-refractivity contribution in [3.05, 3.63) is 121 Å². The lowest BCUT2D eigenvalue weighted by atomic mass is 10.0. The summed E-state index contributed by atoms with van der Waals surface area (Å²) in [5.74, 6) is 0. The van der Waals surface area contributed by atoms with Gasteiger partial charge in [-0.05, 0) is 35.4 Å². The van der Waals surface area contributed by atoms with Crippen molar-refractivity contribution in [2.75, 3.05) is 5.32 Å². The maximum absolute atomic E-state index is 3.58. The Morgan fingerprint density at radius 1 is 0.548 bits per heavy atom. The van der Waals surface area contributed by atoms with Gasteiger partial charge in [0.15, 0.2) is 5.69 Å². The van der Waals surface area contributed by atoms with Gasteiger partial charge in [-0.25, -0.2) is 5.32 Å². The summed E-state index contributed by atoms with van der Waals surface area (Å²) in [7, 11) is 0. The predicted octanol–water partition coefficient (Wildman–Crippen LogP) is 4.11. The fourth-order valence-corrected chi connectivity index (χ4v) is 4.50.